The van der Waals surface area contributed by atoms with Gasteiger partial charge in [-0.15, -0.1) is 11.8 Å². The molecule has 2 N–H and O–H groups in total. The van der Waals surface area contributed by atoms with Crippen molar-refractivity contribution in [2.24, 2.45) is 11.7 Å². The number of rotatable bonds is 3. The highest BCUT2D eigenvalue weighted by atomic mass is 32.2. The molecule has 17 heavy (non-hydrogen) atoms. The summed E-state index contributed by atoms with van der Waals surface area (Å²) in [5, 5.41) is 0. The van der Waals surface area contributed by atoms with Crippen LogP contribution in [-0.2, 0) is 4.79 Å². The Morgan fingerprint density at radius 1 is 1.47 bits per heavy atom. The topological polar surface area (TPSA) is 46.3 Å². The fourth-order valence-corrected chi connectivity index (χ4v) is 2.82. The number of nitrogens with two attached hydrogens (primary N) is 1. The van der Waals surface area contributed by atoms with Crippen molar-refractivity contribution in [2.45, 2.75) is 51.3 Å². The summed E-state index contributed by atoms with van der Waals surface area (Å²) in [5.41, 5.74) is 6.05. The van der Waals surface area contributed by atoms with Crippen molar-refractivity contribution in [1.82, 2.24) is 4.90 Å². The van der Waals surface area contributed by atoms with E-state index in [0.29, 0.717) is 11.7 Å². The summed E-state index contributed by atoms with van der Waals surface area (Å²) >= 11 is 1.72. The molecule has 1 heterocycles. The second kappa shape index (κ2) is 6.10. The van der Waals surface area contributed by atoms with Gasteiger partial charge in [-0.25, -0.2) is 0 Å². The fourth-order valence-electron chi connectivity index (χ4n) is 2.08. The van der Waals surface area contributed by atoms with Crippen LogP contribution < -0.4 is 5.73 Å². The minimum atomic E-state index is 0.159. The molecule has 0 spiro atoms. The highest BCUT2D eigenvalue weighted by molar-refractivity contribution is 8.01. The Kier molecular flexibility index (Phi) is 5.32. The lowest BCUT2D eigenvalue weighted by Gasteiger charge is -2.36. The van der Waals surface area contributed by atoms with Crippen LogP contribution in [0.2, 0.25) is 0 Å². The van der Waals surface area contributed by atoms with Crippen LogP contribution in [0.4, 0.5) is 0 Å². The van der Waals surface area contributed by atoms with Crippen LogP contribution in [0.1, 0.15) is 40.5 Å². The van der Waals surface area contributed by atoms with E-state index >= 15 is 0 Å². The largest absolute Gasteiger partial charge is 0.342 e. The molecule has 1 fully saturated rings. The number of amides is 1. The molecular weight excluding hydrogens is 232 g/mol. The number of thioether (sulfide) groups is 1. The summed E-state index contributed by atoms with van der Waals surface area (Å²) in [5.74, 6) is 1.34. The van der Waals surface area contributed by atoms with E-state index in [0.717, 1.165) is 25.9 Å². The minimum absolute atomic E-state index is 0.159. The summed E-state index contributed by atoms with van der Waals surface area (Å²) in [6.07, 6.45) is 2.02. The molecule has 4 heteroatoms. The molecule has 0 aromatic heterocycles. The molecule has 1 saturated heterocycles. The van der Waals surface area contributed by atoms with Gasteiger partial charge in [0.25, 0.3) is 0 Å². The van der Waals surface area contributed by atoms with Gasteiger partial charge in [-0.05, 0) is 12.3 Å². The fraction of sp³-hybridized carbons (Fsp3) is 0.923. The van der Waals surface area contributed by atoms with Gasteiger partial charge in [0, 0.05) is 23.9 Å². The summed E-state index contributed by atoms with van der Waals surface area (Å²) in [6, 6.07) is 0.277. The molecule has 0 radical (unpaired) electrons. The first-order valence-corrected chi connectivity index (χ1v) is 7.49. The number of likely N-dealkylation sites (tertiary alicyclic amines) is 1. The number of nitrogens with zero attached hydrogens (tertiary/aromatic N) is 1. The molecule has 0 bridgehead atoms. The van der Waals surface area contributed by atoms with E-state index < -0.39 is 0 Å². The smallest absolute Gasteiger partial charge is 0.232 e. The van der Waals surface area contributed by atoms with E-state index in [2.05, 4.69) is 27.7 Å². The zero-order valence-corrected chi connectivity index (χ0v) is 12.3. The Morgan fingerprint density at radius 2 is 2.12 bits per heavy atom. The maximum absolute atomic E-state index is 12.1. The summed E-state index contributed by atoms with van der Waals surface area (Å²) in [7, 11) is 0. The quantitative estimate of drug-likeness (QED) is 0.843. The minimum Gasteiger partial charge on any atom is -0.342 e. The summed E-state index contributed by atoms with van der Waals surface area (Å²) < 4.78 is 0.159. The van der Waals surface area contributed by atoms with Gasteiger partial charge >= 0.3 is 0 Å². The van der Waals surface area contributed by atoms with Gasteiger partial charge in [-0.3, -0.25) is 4.79 Å². The highest BCUT2D eigenvalue weighted by Gasteiger charge is 2.28. The van der Waals surface area contributed by atoms with Crippen molar-refractivity contribution in [3.05, 3.63) is 0 Å². The summed E-state index contributed by atoms with van der Waals surface area (Å²) in [4.78, 5) is 14.1. The lowest BCUT2D eigenvalue weighted by Crippen LogP contribution is -2.49. The van der Waals surface area contributed by atoms with Crippen LogP contribution >= 0.6 is 11.8 Å². The molecule has 0 aliphatic carbocycles. The first-order valence-electron chi connectivity index (χ1n) is 6.51. The molecule has 100 valence electrons. The van der Waals surface area contributed by atoms with E-state index in [9.17, 15) is 4.79 Å². The zero-order valence-electron chi connectivity index (χ0n) is 11.5. The van der Waals surface area contributed by atoms with Crippen LogP contribution in [-0.4, -0.2) is 40.4 Å². The van der Waals surface area contributed by atoms with E-state index in [4.69, 9.17) is 5.73 Å². The molecule has 1 amide bonds. The van der Waals surface area contributed by atoms with E-state index in [1.165, 1.54) is 0 Å². The molecule has 0 saturated carbocycles. The van der Waals surface area contributed by atoms with Gasteiger partial charge in [0.1, 0.15) is 0 Å². The maximum atomic E-state index is 12.1. The number of carbonyl (C=O) groups excluding carboxylic acids is 1. The van der Waals surface area contributed by atoms with Gasteiger partial charge < -0.3 is 10.6 Å². The predicted octanol–water partition coefficient (Wildman–Crippen LogP) is 2.10. The lowest BCUT2D eigenvalue weighted by molar-refractivity contribution is -0.130. The Hall–Kier alpha value is -0.220. The van der Waals surface area contributed by atoms with Crippen molar-refractivity contribution in [2.75, 3.05) is 18.8 Å². The summed E-state index contributed by atoms with van der Waals surface area (Å²) in [6.45, 7) is 10.3. The predicted molar refractivity (Wildman–Crippen MR) is 75.2 cm³/mol. The van der Waals surface area contributed by atoms with Gasteiger partial charge in [-0.1, -0.05) is 34.1 Å². The zero-order chi connectivity index (χ0) is 13.1. The van der Waals surface area contributed by atoms with Crippen molar-refractivity contribution < 1.29 is 4.79 Å². The Morgan fingerprint density at radius 3 is 2.65 bits per heavy atom. The van der Waals surface area contributed by atoms with Crippen molar-refractivity contribution in [3.63, 3.8) is 0 Å². The average molecular weight is 258 g/mol. The first kappa shape index (κ1) is 14.8. The maximum Gasteiger partial charge on any atom is 0.232 e. The number of piperidine rings is 1. The van der Waals surface area contributed by atoms with Crippen LogP contribution in [0, 0.1) is 5.92 Å². The van der Waals surface area contributed by atoms with Gasteiger partial charge in [0.15, 0.2) is 0 Å². The Labute approximate surface area is 109 Å². The molecular formula is C13H26N2OS. The molecule has 1 aliphatic heterocycles. The SMILES string of the molecule is CCC1CN(C(=O)CSC(C)(C)C)CCC1N. The van der Waals surface area contributed by atoms with Crippen molar-refractivity contribution in [3.8, 4) is 0 Å². The Balaban J connectivity index is 2.42. The van der Waals surface area contributed by atoms with Crippen LogP contribution in [0.5, 0.6) is 0 Å². The van der Waals surface area contributed by atoms with Crippen LogP contribution in [0.3, 0.4) is 0 Å². The van der Waals surface area contributed by atoms with Crippen molar-refractivity contribution in [1.29, 1.82) is 0 Å². The molecule has 2 unspecified atom stereocenters. The van der Waals surface area contributed by atoms with E-state index in [1.807, 2.05) is 4.90 Å². The van der Waals surface area contributed by atoms with Crippen LogP contribution in [0.25, 0.3) is 0 Å². The molecule has 1 rings (SSSR count). The monoisotopic (exact) mass is 258 g/mol. The van der Waals surface area contributed by atoms with Crippen molar-refractivity contribution >= 4 is 17.7 Å². The molecule has 1 aliphatic rings. The third-order valence-corrected chi connectivity index (χ3v) is 4.56. The molecule has 3 nitrogen and oxygen atoms in total. The van der Waals surface area contributed by atoms with E-state index in [-0.39, 0.29) is 16.7 Å². The molecule has 2 atom stereocenters. The van der Waals surface area contributed by atoms with Crippen LogP contribution in [0.15, 0.2) is 0 Å². The van der Waals surface area contributed by atoms with Gasteiger partial charge in [0.05, 0.1) is 5.75 Å². The number of hydrogen-bond donors (Lipinski definition) is 1. The van der Waals surface area contributed by atoms with Gasteiger partial charge in [-0.2, -0.15) is 0 Å². The van der Waals surface area contributed by atoms with Gasteiger partial charge in [0.2, 0.25) is 5.91 Å². The lowest BCUT2D eigenvalue weighted by atomic mass is 9.91. The molecule has 0 aromatic rings. The standard InChI is InChI=1S/C13H26N2OS/c1-5-10-8-15(7-6-11(10)14)12(16)9-17-13(2,3)4/h10-11H,5-9,14H2,1-4H3. The third kappa shape index (κ3) is 4.88. The second-order valence-electron chi connectivity index (χ2n) is 5.86. The second-order valence-corrected chi connectivity index (χ2v) is 7.66. The highest BCUT2D eigenvalue weighted by Crippen LogP contribution is 2.25. The number of carbonyl (C=O) groups is 1. The molecule has 0 aromatic carbocycles. The normalized spacial score (nSPS) is 26.1. The Bertz CT molecular complexity index is 263. The third-order valence-electron chi connectivity index (χ3n) is 3.30. The average Bonchev–Trinajstić information content (AvgIpc) is 2.25. The first-order chi connectivity index (χ1) is 7.83. The van der Waals surface area contributed by atoms with E-state index in [1.54, 1.807) is 11.8 Å². The number of hydrogen-bond acceptors (Lipinski definition) is 3.